The molecular formula is C50H61N9O5. The van der Waals surface area contributed by atoms with E-state index in [1.165, 1.54) is 0 Å². The minimum atomic E-state index is -1.19. The monoisotopic (exact) mass is 867 g/mol. The average molecular weight is 868 g/mol. The van der Waals surface area contributed by atoms with Crippen LogP contribution in [0, 0.1) is 11.3 Å². The Morgan fingerprint density at radius 3 is 2.25 bits per heavy atom. The number of hydrogen-bond donors (Lipinski definition) is 4. The maximum atomic E-state index is 14.7. The fourth-order valence-corrected chi connectivity index (χ4v) is 8.84. The molecule has 0 bridgehead atoms. The van der Waals surface area contributed by atoms with Gasteiger partial charge in [0.1, 0.15) is 12.1 Å². The minimum Gasteiger partial charge on any atom is -0.390 e. The molecule has 7 rings (SSSR count). The van der Waals surface area contributed by atoms with Gasteiger partial charge in [0.2, 0.25) is 5.91 Å². The largest absolute Gasteiger partial charge is 0.390 e. The van der Waals surface area contributed by atoms with Crippen molar-refractivity contribution < 1.29 is 24.3 Å². The molecule has 14 nitrogen and oxygen atoms in total. The summed E-state index contributed by atoms with van der Waals surface area (Å²) < 4.78 is 0. The van der Waals surface area contributed by atoms with Gasteiger partial charge in [-0.2, -0.15) is 0 Å². The Kier molecular flexibility index (Phi) is 14.6. The Balaban J connectivity index is 1.14. The van der Waals surface area contributed by atoms with Gasteiger partial charge in [-0.3, -0.25) is 25.0 Å². The van der Waals surface area contributed by atoms with E-state index in [-0.39, 0.29) is 49.3 Å². The van der Waals surface area contributed by atoms with Crippen LogP contribution in [0.5, 0.6) is 0 Å². The van der Waals surface area contributed by atoms with E-state index in [0.717, 1.165) is 38.9 Å². The number of pyridine rings is 2. The SMILES string of the molecule is CC[C@H](C)[C@@H](C(=O)N[C@@H](Cc1ccccc1)[C@@H](O)CN(Cc1ccc(-c2ccccn2)cc1)NC(=O)[C@@H](N1CCNC1=O)C(C)(C)C)N1CCN(Cc2ccnc3ccccc23)C1=O. The van der Waals surface area contributed by atoms with Crippen molar-refractivity contribution in [2.45, 2.75) is 84.8 Å². The van der Waals surface area contributed by atoms with E-state index in [9.17, 15) is 24.3 Å². The first-order chi connectivity index (χ1) is 30.8. The lowest BCUT2D eigenvalue weighted by Gasteiger charge is -2.38. The predicted octanol–water partition coefficient (Wildman–Crippen LogP) is 6.01. The summed E-state index contributed by atoms with van der Waals surface area (Å²) >= 11 is 0. The van der Waals surface area contributed by atoms with E-state index in [1.54, 1.807) is 32.1 Å². The first kappa shape index (κ1) is 45.6. The summed E-state index contributed by atoms with van der Waals surface area (Å²) in [4.78, 5) is 70.2. The van der Waals surface area contributed by atoms with Crippen LogP contribution in [0.4, 0.5) is 9.59 Å². The Hall–Kier alpha value is -6.38. The van der Waals surface area contributed by atoms with Crippen LogP contribution in [0.25, 0.3) is 22.2 Å². The number of amides is 6. The zero-order valence-corrected chi connectivity index (χ0v) is 37.5. The van der Waals surface area contributed by atoms with Crippen LogP contribution in [0.15, 0.2) is 116 Å². The highest BCUT2D eigenvalue weighted by Gasteiger charge is 2.43. The summed E-state index contributed by atoms with van der Waals surface area (Å²) in [6, 6.07) is 30.0. The van der Waals surface area contributed by atoms with E-state index in [2.05, 4.69) is 26.0 Å². The molecule has 5 aromatic rings. The van der Waals surface area contributed by atoms with Crippen LogP contribution >= 0.6 is 0 Å². The summed E-state index contributed by atoms with van der Waals surface area (Å²) in [7, 11) is 0. The van der Waals surface area contributed by atoms with E-state index in [1.807, 2.05) is 138 Å². The molecule has 2 aliphatic rings. The number of fused-ring (bicyclic) bond motifs is 1. The highest BCUT2D eigenvalue weighted by atomic mass is 16.3. The fraction of sp³-hybridized carbons (Fsp3) is 0.400. The number of hydrogen-bond acceptors (Lipinski definition) is 8. The van der Waals surface area contributed by atoms with Gasteiger partial charge in [-0.15, -0.1) is 0 Å². The third kappa shape index (κ3) is 10.9. The number of carbonyl (C=O) groups excluding carboxylic acids is 4. The highest BCUT2D eigenvalue weighted by Crippen LogP contribution is 2.28. The second-order valence-electron chi connectivity index (χ2n) is 18.0. The molecule has 0 unspecified atom stereocenters. The van der Waals surface area contributed by atoms with Gasteiger partial charge >= 0.3 is 12.1 Å². The molecule has 2 saturated heterocycles. The number of hydrazine groups is 1. The minimum absolute atomic E-state index is 0.0706. The van der Waals surface area contributed by atoms with E-state index in [4.69, 9.17) is 0 Å². The lowest BCUT2D eigenvalue weighted by Crippen LogP contribution is -2.60. The van der Waals surface area contributed by atoms with Crippen molar-refractivity contribution in [1.29, 1.82) is 0 Å². The van der Waals surface area contributed by atoms with Crippen LogP contribution in [0.1, 0.15) is 57.7 Å². The fourth-order valence-electron chi connectivity index (χ4n) is 8.84. The van der Waals surface area contributed by atoms with Gasteiger partial charge in [0, 0.05) is 69.2 Å². The van der Waals surface area contributed by atoms with Gasteiger partial charge in [0.05, 0.1) is 23.4 Å². The van der Waals surface area contributed by atoms with Crippen LogP contribution in [0.2, 0.25) is 0 Å². The van der Waals surface area contributed by atoms with Crippen LogP contribution in [-0.4, -0.2) is 116 Å². The lowest BCUT2D eigenvalue weighted by molar-refractivity contribution is -0.135. The first-order valence-corrected chi connectivity index (χ1v) is 22.3. The quantitative estimate of drug-likeness (QED) is 0.0779. The number of nitrogens with zero attached hydrogens (tertiary/aromatic N) is 6. The molecule has 5 atom stereocenters. The molecule has 2 aromatic heterocycles. The number of urea groups is 2. The molecule has 3 aromatic carbocycles. The maximum Gasteiger partial charge on any atom is 0.321 e. The number of rotatable bonds is 18. The molecule has 14 heteroatoms. The zero-order valence-electron chi connectivity index (χ0n) is 37.5. The van der Waals surface area contributed by atoms with Gasteiger partial charge in [0.25, 0.3) is 5.91 Å². The van der Waals surface area contributed by atoms with Gasteiger partial charge in [-0.05, 0) is 58.7 Å². The Morgan fingerprint density at radius 2 is 1.56 bits per heavy atom. The van der Waals surface area contributed by atoms with Gasteiger partial charge in [0.15, 0.2) is 0 Å². The summed E-state index contributed by atoms with van der Waals surface area (Å²) in [6.07, 6.45) is 3.24. The van der Waals surface area contributed by atoms with Crippen LogP contribution in [-0.2, 0) is 29.1 Å². The van der Waals surface area contributed by atoms with Crippen molar-refractivity contribution >= 4 is 34.8 Å². The maximum absolute atomic E-state index is 14.7. The first-order valence-electron chi connectivity index (χ1n) is 22.3. The summed E-state index contributed by atoms with van der Waals surface area (Å²) in [5.41, 5.74) is 7.81. The van der Waals surface area contributed by atoms with E-state index in [0.29, 0.717) is 39.1 Å². The number of aromatic nitrogens is 2. The molecule has 2 fully saturated rings. The van der Waals surface area contributed by atoms with Crippen molar-refractivity contribution in [3.05, 3.63) is 132 Å². The van der Waals surface area contributed by atoms with Crippen molar-refractivity contribution in [1.82, 2.24) is 45.7 Å². The Bertz CT molecular complexity index is 2370. The molecular weight excluding hydrogens is 807 g/mol. The summed E-state index contributed by atoms with van der Waals surface area (Å²) in [5.74, 6) is -0.936. The lowest BCUT2D eigenvalue weighted by atomic mass is 9.85. The molecule has 0 radical (unpaired) electrons. The van der Waals surface area contributed by atoms with Crippen molar-refractivity contribution in [3.63, 3.8) is 0 Å². The van der Waals surface area contributed by atoms with E-state index < -0.39 is 29.6 Å². The predicted molar refractivity (Wildman–Crippen MR) is 247 cm³/mol. The van der Waals surface area contributed by atoms with Crippen molar-refractivity contribution in [2.75, 3.05) is 32.7 Å². The Morgan fingerprint density at radius 1 is 0.828 bits per heavy atom. The van der Waals surface area contributed by atoms with Gasteiger partial charge < -0.3 is 30.4 Å². The molecule has 64 heavy (non-hydrogen) atoms. The second kappa shape index (κ2) is 20.4. The smallest absolute Gasteiger partial charge is 0.321 e. The average Bonchev–Trinajstić information content (AvgIpc) is 3.87. The van der Waals surface area contributed by atoms with Gasteiger partial charge in [-0.25, -0.2) is 14.6 Å². The summed E-state index contributed by atoms with van der Waals surface area (Å²) in [5, 5.41) is 21.0. The van der Waals surface area contributed by atoms with E-state index >= 15 is 0 Å². The van der Waals surface area contributed by atoms with Crippen LogP contribution in [0.3, 0.4) is 0 Å². The zero-order chi connectivity index (χ0) is 45.4. The van der Waals surface area contributed by atoms with Gasteiger partial charge in [-0.1, -0.05) is 120 Å². The Labute approximate surface area is 376 Å². The third-order valence-corrected chi connectivity index (χ3v) is 12.3. The molecule has 0 saturated carbocycles. The number of carbonyl (C=O) groups is 4. The number of para-hydroxylation sites is 1. The number of nitrogens with one attached hydrogen (secondary N) is 3. The second-order valence-corrected chi connectivity index (χ2v) is 18.0. The summed E-state index contributed by atoms with van der Waals surface area (Å²) in [6.45, 7) is 11.9. The molecule has 0 aliphatic carbocycles. The molecule has 0 spiro atoms. The molecule has 4 N–H and O–H groups in total. The topological polar surface area (TPSA) is 163 Å². The standard InChI is InChI=1S/C50H61N9O5/c1-6-34(2)44(58-29-28-56(49(58)64)32-38-23-25-52-41-18-11-10-16-39(38)41)46(61)54-42(30-35-14-8-7-9-15-35)43(60)33-57(31-36-19-21-37(22-20-36)40-17-12-13-24-51-40)55-47(62)45(50(3,4)5)59-27-26-53-48(59)63/h7-25,34,42-45,60H,6,26-33H2,1-5H3,(H,53,63)(H,54,61)(H,55,62)/t34-,42-,43-,44-,45+/m0/s1. The van der Waals surface area contributed by atoms with Crippen molar-refractivity contribution in [3.8, 4) is 11.3 Å². The molecule has 336 valence electrons. The molecule has 2 aliphatic heterocycles. The highest BCUT2D eigenvalue weighted by molar-refractivity contribution is 5.90. The normalized spacial score (nSPS) is 16.7. The van der Waals surface area contributed by atoms with Crippen molar-refractivity contribution in [2.24, 2.45) is 11.3 Å². The molecule has 4 heterocycles. The molecule has 6 amide bonds. The third-order valence-electron chi connectivity index (χ3n) is 12.3. The number of aliphatic hydroxyl groups excluding tert-OH is 1. The number of benzene rings is 3. The number of aliphatic hydroxyl groups is 1. The van der Waals surface area contributed by atoms with Crippen LogP contribution < -0.4 is 16.1 Å².